The van der Waals surface area contributed by atoms with Crippen LogP contribution in [0.3, 0.4) is 0 Å². The van der Waals surface area contributed by atoms with Crippen LogP contribution in [0.1, 0.15) is 12.8 Å². The molecular weight excluding hydrogens is 270 g/mol. The lowest BCUT2D eigenvalue weighted by Crippen LogP contribution is -2.47. The molecule has 1 heterocycles. The number of aromatic nitrogens is 3. The van der Waals surface area contributed by atoms with Crippen molar-refractivity contribution in [1.82, 2.24) is 25.6 Å². The number of hydrogen-bond donors (Lipinski definition) is 4. The predicted octanol–water partition coefficient (Wildman–Crippen LogP) is -1.10. The highest BCUT2D eigenvalue weighted by Crippen LogP contribution is 1.93. The fourth-order valence-corrected chi connectivity index (χ4v) is 1.38. The Balaban J connectivity index is 2.24. The molecule has 0 fully saturated rings. The summed E-state index contributed by atoms with van der Waals surface area (Å²) in [7, 11) is 0. The van der Waals surface area contributed by atoms with Crippen molar-refractivity contribution >= 4 is 18.0 Å². The number of nitrogens with one attached hydrogen (secondary N) is 2. The van der Waals surface area contributed by atoms with Crippen LogP contribution in [0, 0.1) is 0 Å². The van der Waals surface area contributed by atoms with E-state index in [1.807, 2.05) is 0 Å². The number of nitrogens with zero attached hydrogens (tertiary/aromatic N) is 3. The molecule has 1 aromatic rings. The molecule has 0 aliphatic rings. The van der Waals surface area contributed by atoms with E-state index in [2.05, 4.69) is 20.9 Å². The highest BCUT2D eigenvalue weighted by Gasteiger charge is 2.22. The molecule has 0 bridgehead atoms. The first-order chi connectivity index (χ1) is 9.49. The number of carboxylic acid groups (broad SMARTS) is 2. The van der Waals surface area contributed by atoms with Crippen molar-refractivity contribution in [3.05, 3.63) is 12.4 Å². The lowest BCUT2D eigenvalue weighted by atomic mass is 10.2. The van der Waals surface area contributed by atoms with Gasteiger partial charge in [-0.15, -0.1) is 5.10 Å². The molecule has 1 aromatic heterocycles. The zero-order valence-electron chi connectivity index (χ0n) is 10.5. The van der Waals surface area contributed by atoms with Crippen LogP contribution in [0.5, 0.6) is 0 Å². The summed E-state index contributed by atoms with van der Waals surface area (Å²) >= 11 is 0. The van der Waals surface area contributed by atoms with Crippen LogP contribution in [-0.2, 0) is 16.1 Å². The van der Waals surface area contributed by atoms with E-state index in [0.717, 1.165) is 0 Å². The molecule has 110 valence electrons. The Bertz CT molecular complexity index is 461. The Labute approximate surface area is 113 Å². The van der Waals surface area contributed by atoms with E-state index in [4.69, 9.17) is 10.2 Å². The largest absolute Gasteiger partial charge is 0.481 e. The number of hydrogen-bond acceptors (Lipinski definition) is 5. The van der Waals surface area contributed by atoms with Gasteiger partial charge in [0.2, 0.25) is 0 Å². The minimum atomic E-state index is -1.46. The highest BCUT2D eigenvalue weighted by atomic mass is 16.4. The maximum absolute atomic E-state index is 11.4. The number of rotatable bonds is 8. The summed E-state index contributed by atoms with van der Waals surface area (Å²) in [6, 6.07) is -2.18. The van der Waals surface area contributed by atoms with Gasteiger partial charge in [-0.05, 0) is 6.42 Å². The van der Waals surface area contributed by atoms with Gasteiger partial charge in [0.05, 0.1) is 12.6 Å². The predicted molar refractivity (Wildman–Crippen MR) is 64.9 cm³/mol. The number of urea groups is 1. The smallest absolute Gasteiger partial charge is 0.326 e. The van der Waals surface area contributed by atoms with Crippen molar-refractivity contribution in [2.45, 2.75) is 25.4 Å². The van der Waals surface area contributed by atoms with E-state index in [-0.39, 0.29) is 0 Å². The Morgan fingerprint density at radius 3 is 2.60 bits per heavy atom. The summed E-state index contributed by atoms with van der Waals surface area (Å²) in [5, 5.41) is 29.1. The van der Waals surface area contributed by atoms with Crippen LogP contribution in [0.15, 0.2) is 12.4 Å². The van der Waals surface area contributed by atoms with Gasteiger partial charge < -0.3 is 20.8 Å². The lowest BCUT2D eigenvalue weighted by Gasteiger charge is -2.13. The molecule has 0 saturated carbocycles. The van der Waals surface area contributed by atoms with Gasteiger partial charge >= 0.3 is 18.0 Å². The normalized spacial score (nSPS) is 11.6. The molecular formula is C10H15N5O5. The Morgan fingerprint density at radius 2 is 2.05 bits per heavy atom. The zero-order valence-corrected chi connectivity index (χ0v) is 10.5. The number of amides is 2. The molecule has 0 aliphatic heterocycles. The average molecular weight is 285 g/mol. The van der Waals surface area contributed by atoms with Crippen molar-refractivity contribution in [2.75, 3.05) is 6.54 Å². The van der Waals surface area contributed by atoms with Crippen molar-refractivity contribution < 1.29 is 24.6 Å². The first-order valence-corrected chi connectivity index (χ1v) is 5.82. The molecule has 0 aromatic carbocycles. The van der Waals surface area contributed by atoms with E-state index in [9.17, 15) is 14.4 Å². The summed E-state index contributed by atoms with van der Waals surface area (Å²) < 4.78 is 1.59. The fourth-order valence-electron chi connectivity index (χ4n) is 1.38. The Morgan fingerprint density at radius 1 is 1.30 bits per heavy atom. The maximum atomic E-state index is 11.4. The summed E-state index contributed by atoms with van der Waals surface area (Å²) in [4.78, 5) is 32.6. The number of aliphatic carboxylic acids is 2. The van der Waals surface area contributed by atoms with Crippen LogP contribution in [0.25, 0.3) is 0 Å². The first kappa shape index (κ1) is 15.4. The van der Waals surface area contributed by atoms with Gasteiger partial charge in [-0.25, -0.2) is 9.59 Å². The molecule has 4 N–H and O–H groups in total. The molecule has 0 aliphatic carbocycles. The van der Waals surface area contributed by atoms with Gasteiger partial charge in [0.1, 0.15) is 6.04 Å². The minimum Gasteiger partial charge on any atom is -0.481 e. The number of carbonyl (C=O) groups excluding carboxylic acids is 1. The van der Waals surface area contributed by atoms with Gasteiger partial charge in [-0.1, -0.05) is 5.21 Å². The second-order valence-electron chi connectivity index (χ2n) is 3.91. The molecule has 10 heteroatoms. The van der Waals surface area contributed by atoms with Gasteiger partial charge in [0.25, 0.3) is 0 Å². The molecule has 2 amide bonds. The SMILES string of the molecule is O=C(O)C[C@H](NC(=O)NCCCn1ccnn1)C(=O)O. The van der Waals surface area contributed by atoms with E-state index in [1.165, 1.54) is 6.20 Å². The summed E-state index contributed by atoms with van der Waals surface area (Å²) in [5.41, 5.74) is 0. The average Bonchev–Trinajstić information content (AvgIpc) is 2.86. The van der Waals surface area contributed by atoms with Gasteiger partial charge in [0.15, 0.2) is 0 Å². The Kier molecular flexibility index (Phi) is 5.94. The fraction of sp³-hybridized carbons (Fsp3) is 0.500. The third-order valence-electron chi connectivity index (χ3n) is 2.30. The van der Waals surface area contributed by atoms with Gasteiger partial charge in [0, 0.05) is 19.3 Å². The third kappa shape index (κ3) is 5.80. The quantitative estimate of drug-likeness (QED) is 0.443. The van der Waals surface area contributed by atoms with Gasteiger partial charge in [-0.2, -0.15) is 0 Å². The Hall–Kier alpha value is -2.65. The molecule has 0 spiro atoms. The van der Waals surface area contributed by atoms with Crippen molar-refractivity contribution in [2.24, 2.45) is 0 Å². The van der Waals surface area contributed by atoms with Crippen LogP contribution >= 0.6 is 0 Å². The van der Waals surface area contributed by atoms with E-state index >= 15 is 0 Å². The monoisotopic (exact) mass is 285 g/mol. The third-order valence-corrected chi connectivity index (χ3v) is 2.30. The topological polar surface area (TPSA) is 146 Å². The van der Waals surface area contributed by atoms with Crippen molar-refractivity contribution in [1.29, 1.82) is 0 Å². The molecule has 1 atom stereocenters. The van der Waals surface area contributed by atoms with Crippen LogP contribution in [0.4, 0.5) is 4.79 Å². The molecule has 10 nitrogen and oxygen atoms in total. The number of carbonyl (C=O) groups is 3. The summed E-state index contributed by atoms with van der Waals surface area (Å²) in [6.45, 7) is 0.850. The highest BCUT2D eigenvalue weighted by molar-refractivity contribution is 5.86. The zero-order chi connectivity index (χ0) is 15.0. The van der Waals surface area contributed by atoms with Crippen LogP contribution in [-0.4, -0.2) is 55.8 Å². The standard InChI is InChI=1S/C10H15N5O5/c16-8(17)6-7(9(18)19)13-10(20)11-2-1-4-15-5-3-12-14-15/h3,5,7H,1-2,4,6H2,(H,16,17)(H,18,19)(H2,11,13,20)/t7-/m0/s1. The van der Waals surface area contributed by atoms with E-state index in [0.29, 0.717) is 19.5 Å². The minimum absolute atomic E-state index is 0.297. The summed E-state index contributed by atoms with van der Waals surface area (Å²) in [5.74, 6) is -2.70. The molecule has 0 saturated heterocycles. The summed E-state index contributed by atoms with van der Waals surface area (Å²) in [6.07, 6.45) is 3.10. The number of carboxylic acids is 2. The second kappa shape index (κ2) is 7.71. The maximum Gasteiger partial charge on any atom is 0.326 e. The second-order valence-corrected chi connectivity index (χ2v) is 3.91. The lowest BCUT2D eigenvalue weighted by molar-refractivity contribution is -0.145. The van der Waals surface area contributed by atoms with Crippen molar-refractivity contribution in [3.63, 3.8) is 0 Å². The molecule has 20 heavy (non-hydrogen) atoms. The molecule has 0 radical (unpaired) electrons. The van der Waals surface area contributed by atoms with Crippen LogP contribution < -0.4 is 10.6 Å². The van der Waals surface area contributed by atoms with Gasteiger partial charge in [-0.3, -0.25) is 9.48 Å². The first-order valence-electron chi connectivity index (χ1n) is 5.82. The van der Waals surface area contributed by atoms with E-state index in [1.54, 1.807) is 10.9 Å². The number of aryl methyl sites for hydroxylation is 1. The van der Waals surface area contributed by atoms with Crippen molar-refractivity contribution in [3.8, 4) is 0 Å². The van der Waals surface area contributed by atoms with Crippen LogP contribution in [0.2, 0.25) is 0 Å². The van der Waals surface area contributed by atoms with E-state index < -0.39 is 30.4 Å². The molecule has 1 rings (SSSR count). The molecule has 0 unspecified atom stereocenters.